The Hall–Kier alpha value is -3.80. The Morgan fingerprint density at radius 1 is 1.00 bits per heavy atom. The summed E-state index contributed by atoms with van der Waals surface area (Å²) < 4.78 is 16.7. The highest BCUT2D eigenvalue weighted by molar-refractivity contribution is 6.00. The summed E-state index contributed by atoms with van der Waals surface area (Å²) in [7, 11) is 1.49. The Morgan fingerprint density at radius 3 is 2.55 bits per heavy atom. The van der Waals surface area contributed by atoms with Gasteiger partial charge in [-0.1, -0.05) is 36.4 Å². The molecule has 3 aromatic carbocycles. The van der Waals surface area contributed by atoms with Crippen molar-refractivity contribution in [1.29, 1.82) is 0 Å². The van der Waals surface area contributed by atoms with Crippen LogP contribution in [0.15, 0.2) is 72.8 Å². The average Bonchev–Trinajstić information content (AvgIpc) is 2.74. The van der Waals surface area contributed by atoms with E-state index in [2.05, 4.69) is 5.32 Å². The average molecular weight is 389 g/mol. The molecule has 29 heavy (non-hydrogen) atoms. The number of para-hydroxylation sites is 2. The third-order valence-corrected chi connectivity index (χ3v) is 4.61. The Balaban J connectivity index is 1.51. The van der Waals surface area contributed by atoms with Crippen LogP contribution < -0.4 is 19.5 Å². The maximum absolute atomic E-state index is 12.4. The molecule has 1 amide bonds. The summed E-state index contributed by atoms with van der Waals surface area (Å²) in [5.41, 5.74) is 1.98. The summed E-state index contributed by atoms with van der Waals surface area (Å²) in [5.74, 6) is 1.24. The van der Waals surface area contributed by atoms with E-state index in [-0.39, 0.29) is 18.0 Å². The first-order valence-electron chi connectivity index (χ1n) is 9.15. The quantitative estimate of drug-likeness (QED) is 0.679. The Labute approximate surface area is 168 Å². The van der Waals surface area contributed by atoms with Gasteiger partial charge in [-0.05, 0) is 42.0 Å². The van der Waals surface area contributed by atoms with Crippen LogP contribution in [0.2, 0.25) is 0 Å². The van der Waals surface area contributed by atoms with Gasteiger partial charge in [0.15, 0.2) is 17.3 Å². The molecule has 0 aliphatic carbocycles. The molecule has 1 atom stereocenters. The Morgan fingerprint density at radius 2 is 1.76 bits per heavy atom. The third kappa shape index (κ3) is 4.06. The molecule has 4 rings (SSSR count). The molecule has 1 heterocycles. The van der Waals surface area contributed by atoms with Crippen LogP contribution in [0.4, 0.5) is 10.5 Å². The van der Waals surface area contributed by atoms with Crippen molar-refractivity contribution >= 4 is 17.6 Å². The highest BCUT2D eigenvalue weighted by Crippen LogP contribution is 2.38. The molecule has 0 spiro atoms. The fourth-order valence-electron chi connectivity index (χ4n) is 3.19. The maximum Gasteiger partial charge on any atom is 0.417 e. The van der Waals surface area contributed by atoms with Crippen molar-refractivity contribution in [3.05, 3.63) is 83.9 Å². The largest absolute Gasteiger partial charge is 0.493 e. The van der Waals surface area contributed by atoms with Crippen molar-refractivity contribution in [3.8, 4) is 17.2 Å². The lowest BCUT2D eigenvalue weighted by molar-refractivity contribution is 0.0850. The van der Waals surface area contributed by atoms with E-state index in [9.17, 15) is 9.59 Å². The van der Waals surface area contributed by atoms with Gasteiger partial charge in [0.05, 0.1) is 19.1 Å². The SMILES string of the molecule is COc1cc(C2CC(=O)c3ccccc3O2)ccc1OC(=O)Nc1ccccc1. The van der Waals surface area contributed by atoms with Crippen molar-refractivity contribution in [2.45, 2.75) is 12.5 Å². The third-order valence-electron chi connectivity index (χ3n) is 4.61. The molecule has 0 fully saturated rings. The zero-order chi connectivity index (χ0) is 20.2. The lowest BCUT2D eigenvalue weighted by Crippen LogP contribution is -2.20. The van der Waals surface area contributed by atoms with Crippen LogP contribution in [-0.4, -0.2) is 19.0 Å². The summed E-state index contributed by atoms with van der Waals surface area (Å²) in [6, 6.07) is 21.3. The highest BCUT2D eigenvalue weighted by atomic mass is 16.6. The van der Waals surface area contributed by atoms with Gasteiger partial charge >= 0.3 is 6.09 Å². The molecule has 6 nitrogen and oxygen atoms in total. The fraction of sp³-hybridized carbons (Fsp3) is 0.130. The number of rotatable bonds is 4. The van der Waals surface area contributed by atoms with Crippen LogP contribution >= 0.6 is 0 Å². The van der Waals surface area contributed by atoms with E-state index in [1.807, 2.05) is 30.3 Å². The first-order valence-corrected chi connectivity index (χ1v) is 9.15. The molecule has 0 saturated heterocycles. The molecule has 0 saturated carbocycles. The number of ketones is 1. The van der Waals surface area contributed by atoms with Gasteiger partial charge in [0.2, 0.25) is 0 Å². The first-order chi connectivity index (χ1) is 14.1. The first kappa shape index (κ1) is 18.6. The van der Waals surface area contributed by atoms with Crippen LogP contribution in [0.1, 0.15) is 28.4 Å². The summed E-state index contributed by atoms with van der Waals surface area (Å²) in [6.07, 6.45) is -0.826. The van der Waals surface area contributed by atoms with Gasteiger partial charge in [-0.2, -0.15) is 0 Å². The number of fused-ring (bicyclic) bond motifs is 1. The number of anilines is 1. The number of methoxy groups -OCH3 is 1. The van der Waals surface area contributed by atoms with Gasteiger partial charge < -0.3 is 14.2 Å². The molecule has 0 radical (unpaired) electrons. The Kier molecular flexibility index (Phi) is 5.16. The molecular weight excluding hydrogens is 370 g/mol. The number of carbonyl (C=O) groups excluding carboxylic acids is 2. The molecule has 1 N–H and O–H groups in total. The van der Waals surface area contributed by atoms with E-state index in [0.717, 1.165) is 5.56 Å². The minimum atomic E-state index is -0.625. The summed E-state index contributed by atoms with van der Waals surface area (Å²) in [6.45, 7) is 0. The zero-order valence-electron chi connectivity index (χ0n) is 15.8. The molecule has 0 aromatic heterocycles. The molecule has 0 bridgehead atoms. The summed E-state index contributed by atoms with van der Waals surface area (Å²) in [5, 5.41) is 2.65. The number of amides is 1. The van der Waals surface area contributed by atoms with Crippen LogP contribution in [0.5, 0.6) is 17.2 Å². The van der Waals surface area contributed by atoms with Gasteiger partial charge in [-0.15, -0.1) is 0 Å². The van der Waals surface area contributed by atoms with Gasteiger partial charge in [-0.25, -0.2) is 4.79 Å². The smallest absolute Gasteiger partial charge is 0.417 e. The predicted octanol–water partition coefficient (Wildman–Crippen LogP) is 5.01. The molecule has 1 unspecified atom stereocenters. The van der Waals surface area contributed by atoms with Crippen molar-refractivity contribution in [2.24, 2.45) is 0 Å². The van der Waals surface area contributed by atoms with E-state index in [4.69, 9.17) is 14.2 Å². The van der Waals surface area contributed by atoms with E-state index >= 15 is 0 Å². The van der Waals surface area contributed by atoms with E-state index < -0.39 is 12.2 Å². The second-order valence-corrected chi connectivity index (χ2v) is 6.52. The van der Waals surface area contributed by atoms with Crippen LogP contribution in [0.25, 0.3) is 0 Å². The number of nitrogens with one attached hydrogen (secondary N) is 1. The fourth-order valence-corrected chi connectivity index (χ4v) is 3.19. The van der Waals surface area contributed by atoms with Gasteiger partial charge in [0, 0.05) is 5.69 Å². The number of Topliss-reactive ketones (excluding diaryl/α,β-unsaturated/α-hetero) is 1. The second-order valence-electron chi connectivity index (χ2n) is 6.52. The molecule has 6 heteroatoms. The minimum absolute atomic E-state index is 0.0263. The number of hydrogen-bond acceptors (Lipinski definition) is 5. The topological polar surface area (TPSA) is 73.9 Å². The number of hydrogen-bond donors (Lipinski definition) is 1. The van der Waals surface area contributed by atoms with Crippen molar-refractivity contribution < 1.29 is 23.8 Å². The molecule has 3 aromatic rings. The van der Waals surface area contributed by atoms with Gasteiger partial charge in [-0.3, -0.25) is 10.1 Å². The van der Waals surface area contributed by atoms with E-state index in [1.165, 1.54) is 7.11 Å². The summed E-state index contributed by atoms with van der Waals surface area (Å²) in [4.78, 5) is 24.6. The van der Waals surface area contributed by atoms with Crippen molar-refractivity contribution in [2.75, 3.05) is 12.4 Å². The van der Waals surface area contributed by atoms with E-state index in [1.54, 1.807) is 42.5 Å². The highest BCUT2D eigenvalue weighted by Gasteiger charge is 2.28. The second kappa shape index (κ2) is 8.06. The van der Waals surface area contributed by atoms with Crippen molar-refractivity contribution in [1.82, 2.24) is 0 Å². The molecule has 1 aliphatic heterocycles. The number of benzene rings is 3. The predicted molar refractivity (Wildman–Crippen MR) is 108 cm³/mol. The summed E-state index contributed by atoms with van der Waals surface area (Å²) >= 11 is 0. The molecular formula is C23H19NO5. The normalized spacial score (nSPS) is 15.1. The van der Waals surface area contributed by atoms with Gasteiger partial charge in [0.1, 0.15) is 11.9 Å². The Bertz CT molecular complexity index is 1050. The van der Waals surface area contributed by atoms with Crippen LogP contribution in [0, 0.1) is 0 Å². The minimum Gasteiger partial charge on any atom is -0.493 e. The van der Waals surface area contributed by atoms with Crippen LogP contribution in [-0.2, 0) is 0 Å². The van der Waals surface area contributed by atoms with E-state index in [0.29, 0.717) is 22.7 Å². The lowest BCUT2D eigenvalue weighted by atomic mass is 9.96. The standard InChI is InChI=1S/C23H19NO5/c1-27-22-13-15(21-14-18(25)17-9-5-6-10-19(17)28-21)11-12-20(22)29-23(26)24-16-7-3-2-4-8-16/h2-13,21H,14H2,1H3,(H,24,26). The van der Waals surface area contributed by atoms with Gasteiger partial charge in [0.25, 0.3) is 0 Å². The number of ether oxygens (including phenoxy) is 3. The van der Waals surface area contributed by atoms with Crippen LogP contribution in [0.3, 0.4) is 0 Å². The zero-order valence-corrected chi connectivity index (χ0v) is 15.8. The lowest BCUT2D eigenvalue weighted by Gasteiger charge is -2.26. The molecule has 146 valence electrons. The molecule has 1 aliphatic rings. The maximum atomic E-state index is 12.4. The van der Waals surface area contributed by atoms with Crippen molar-refractivity contribution in [3.63, 3.8) is 0 Å². The number of carbonyl (C=O) groups is 2. The monoisotopic (exact) mass is 389 g/mol.